The van der Waals surface area contributed by atoms with E-state index in [0.29, 0.717) is 56.8 Å². The van der Waals surface area contributed by atoms with Crippen molar-refractivity contribution < 1.29 is 47.7 Å². The van der Waals surface area contributed by atoms with Crippen molar-refractivity contribution in [1.82, 2.24) is 4.90 Å². The van der Waals surface area contributed by atoms with Gasteiger partial charge >= 0.3 is 29.8 Å². The van der Waals surface area contributed by atoms with Crippen molar-refractivity contribution in [1.29, 1.82) is 0 Å². The van der Waals surface area contributed by atoms with Crippen molar-refractivity contribution >= 4 is 29.8 Å². The van der Waals surface area contributed by atoms with Gasteiger partial charge in [0.25, 0.3) is 0 Å². The van der Waals surface area contributed by atoms with Crippen LogP contribution in [0.3, 0.4) is 0 Å². The Kier molecular flexibility index (Phi) is 29.7. The smallest absolute Gasteiger partial charge is 0.338 e. The molecule has 1 aromatic carbocycles. The first kappa shape index (κ1) is 67.1. The van der Waals surface area contributed by atoms with E-state index in [9.17, 15) is 24.0 Å². The summed E-state index contributed by atoms with van der Waals surface area (Å²) in [5.41, 5.74) is 2.40. The van der Waals surface area contributed by atoms with Crippen molar-refractivity contribution in [2.24, 2.45) is 46.3 Å². The molecule has 9 unspecified atom stereocenters. The fourth-order valence-electron chi connectivity index (χ4n) is 14.8. The second kappa shape index (κ2) is 35.4. The summed E-state index contributed by atoms with van der Waals surface area (Å²) in [4.78, 5) is 68.0. The monoisotopic (exact) mass is 1120 g/mol. The van der Waals surface area contributed by atoms with Gasteiger partial charge in [0.15, 0.2) is 0 Å². The molecular weight excluding hydrogens is 1000 g/mol. The Labute approximate surface area is 486 Å². The zero-order valence-corrected chi connectivity index (χ0v) is 52.1. The zero-order valence-electron chi connectivity index (χ0n) is 52.1. The summed E-state index contributed by atoms with van der Waals surface area (Å²) in [6, 6.07) is 4.21. The minimum absolute atomic E-state index is 0.00413. The van der Waals surface area contributed by atoms with E-state index in [1.165, 1.54) is 127 Å². The Morgan fingerprint density at radius 2 is 1.11 bits per heavy atom. The highest BCUT2D eigenvalue weighted by atomic mass is 16.6. The zero-order chi connectivity index (χ0) is 57.9. The van der Waals surface area contributed by atoms with Gasteiger partial charge in [-0.3, -0.25) is 9.59 Å². The van der Waals surface area contributed by atoms with Crippen LogP contribution in [0.4, 0.5) is 0 Å². The van der Waals surface area contributed by atoms with Crippen LogP contribution in [-0.2, 0) is 33.3 Å². The number of unbranched alkanes of at least 4 members (excludes halogenated alkanes) is 13. The largest absolute Gasteiger partial charge is 0.462 e. The van der Waals surface area contributed by atoms with E-state index in [1.807, 2.05) is 19.0 Å². The molecular formula is C69H113NO10. The minimum Gasteiger partial charge on any atom is -0.462 e. The number of rotatable bonds is 39. The summed E-state index contributed by atoms with van der Waals surface area (Å²) in [6.07, 6.45) is 36.1. The highest BCUT2D eigenvalue weighted by Crippen LogP contribution is 2.67. The fourth-order valence-corrected chi connectivity index (χ4v) is 14.8. The molecule has 3 fully saturated rings. The lowest BCUT2D eigenvalue weighted by Crippen LogP contribution is -2.51. The van der Waals surface area contributed by atoms with E-state index >= 15 is 0 Å². The molecule has 11 nitrogen and oxygen atoms in total. The molecule has 0 aliphatic heterocycles. The van der Waals surface area contributed by atoms with Crippen LogP contribution < -0.4 is 0 Å². The van der Waals surface area contributed by atoms with Crippen LogP contribution in [0, 0.1) is 46.3 Å². The van der Waals surface area contributed by atoms with Crippen LogP contribution in [0.2, 0.25) is 0 Å². The average molecular weight is 1120 g/mol. The van der Waals surface area contributed by atoms with Gasteiger partial charge in [-0.15, -0.1) is 0 Å². The Morgan fingerprint density at radius 1 is 0.575 bits per heavy atom. The Morgan fingerprint density at radius 3 is 1.71 bits per heavy atom. The van der Waals surface area contributed by atoms with Crippen LogP contribution in [0.1, 0.15) is 291 Å². The number of carbonyl (C=O) groups is 5. The molecule has 0 saturated heterocycles. The average Bonchev–Trinajstić information content (AvgIpc) is 3.93. The van der Waals surface area contributed by atoms with Gasteiger partial charge in [0.05, 0.1) is 36.5 Å². The maximum absolute atomic E-state index is 13.4. The van der Waals surface area contributed by atoms with Crippen molar-refractivity contribution in [2.45, 2.75) is 273 Å². The molecule has 4 aliphatic carbocycles. The summed E-state index contributed by atoms with van der Waals surface area (Å²) in [5, 5.41) is 0. The molecule has 0 amide bonds. The number of nitrogens with zero attached hydrogens (tertiary/aromatic N) is 1. The Hall–Kier alpha value is -3.73. The number of hydrogen-bond donors (Lipinski definition) is 0. The van der Waals surface area contributed by atoms with Gasteiger partial charge in [-0.25, -0.2) is 14.4 Å². The molecule has 0 bridgehead atoms. The third kappa shape index (κ3) is 21.5. The van der Waals surface area contributed by atoms with E-state index < -0.39 is 17.9 Å². The lowest BCUT2D eigenvalue weighted by Gasteiger charge is -2.58. The van der Waals surface area contributed by atoms with E-state index in [4.69, 9.17) is 23.7 Å². The first-order valence-corrected chi connectivity index (χ1v) is 32.9. The normalized spacial score (nSPS) is 24.0. The molecule has 11 heteroatoms. The summed E-state index contributed by atoms with van der Waals surface area (Å²) in [5.74, 6) is 2.57. The van der Waals surface area contributed by atoms with Gasteiger partial charge in [-0.1, -0.05) is 144 Å². The third-order valence-electron chi connectivity index (χ3n) is 19.5. The number of ether oxygens (including phenoxy) is 5. The maximum atomic E-state index is 13.4. The Balaban J connectivity index is 1.02. The van der Waals surface area contributed by atoms with Gasteiger partial charge < -0.3 is 28.6 Å². The summed E-state index contributed by atoms with van der Waals surface area (Å²) < 4.78 is 28.9. The summed E-state index contributed by atoms with van der Waals surface area (Å²) in [7, 11) is 3.89. The number of carbonyl (C=O) groups excluding carboxylic acids is 5. The molecule has 0 heterocycles. The van der Waals surface area contributed by atoms with Crippen LogP contribution in [0.25, 0.3) is 0 Å². The third-order valence-corrected chi connectivity index (χ3v) is 19.5. The highest BCUT2D eigenvalue weighted by molar-refractivity contribution is 6.00. The number of fused-ring (bicyclic) bond motifs is 5. The predicted molar refractivity (Wildman–Crippen MR) is 322 cm³/mol. The second-order valence-corrected chi connectivity index (χ2v) is 26.5. The maximum Gasteiger partial charge on any atom is 0.338 e. The number of esters is 5. The topological polar surface area (TPSA) is 135 Å². The molecule has 4 aliphatic rings. The molecule has 1 aromatic rings. The Bertz CT molecular complexity index is 2060. The van der Waals surface area contributed by atoms with Gasteiger partial charge in [0.2, 0.25) is 0 Å². The van der Waals surface area contributed by atoms with E-state index in [2.05, 4.69) is 54.5 Å². The SMILES string of the molecule is CCCCCCCCC(CCCCCC)OC(=O)CCCCCCOC(=O)c1cc(C(=O)OCCCCCC(=O)OC2CCC3(C)C(=CCC4C3CCC3(C)C(C(C)CCCC(C)C)CCC43)C2)cc(C(=O)OCCCN(C)C)c1. The molecule has 80 heavy (non-hydrogen) atoms. The quantitative estimate of drug-likeness (QED) is 0.0270. The number of hydrogen-bond acceptors (Lipinski definition) is 11. The number of benzene rings is 1. The second-order valence-electron chi connectivity index (χ2n) is 26.5. The highest BCUT2D eigenvalue weighted by Gasteiger charge is 2.59. The van der Waals surface area contributed by atoms with Crippen molar-refractivity contribution in [3.8, 4) is 0 Å². The van der Waals surface area contributed by atoms with Crippen LogP contribution >= 0.6 is 0 Å². The molecule has 0 spiro atoms. The van der Waals surface area contributed by atoms with Crippen LogP contribution in [0.5, 0.6) is 0 Å². The van der Waals surface area contributed by atoms with Crippen LogP contribution in [-0.4, -0.2) is 87.4 Å². The van der Waals surface area contributed by atoms with E-state index in [1.54, 1.807) is 0 Å². The lowest BCUT2D eigenvalue weighted by atomic mass is 9.47. The molecule has 5 rings (SSSR count). The molecule has 3 saturated carbocycles. The van der Waals surface area contributed by atoms with Gasteiger partial charge in [0.1, 0.15) is 12.2 Å². The molecule has 454 valence electrons. The molecule has 9 atom stereocenters. The standard InChI is InChI=1S/C69H113NO10/c1-10-12-14-16-17-22-32-57(31-21-15-13-11-2)79-63(71)33-23-18-19-25-44-76-65(73)53-47-54(49-55(48-53)67(75)78-46-28-43-70(8)9)66(74)77-45-26-20-24-34-64(72)80-58-39-41-68(6)56(50-58)35-36-59-61-38-37-60(52(5)30-27-29-51(3)4)69(61,7)42-40-62(59)68/h35,47-49,51-52,57-62H,10-34,36-46,50H2,1-9H3. The predicted octanol–water partition coefficient (Wildman–Crippen LogP) is 17.2. The molecule has 0 radical (unpaired) electrons. The lowest BCUT2D eigenvalue weighted by molar-refractivity contribution is -0.152. The van der Waals surface area contributed by atoms with E-state index in [-0.39, 0.29) is 66.1 Å². The van der Waals surface area contributed by atoms with Gasteiger partial charge in [-0.2, -0.15) is 0 Å². The van der Waals surface area contributed by atoms with Gasteiger partial charge in [0, 0.05) is 25.8 Å². The van der Waals surface area contributed by atoms with Crippen molar-refractivity contribution in [3.63, 3.8) is 0 Å². The molecule has 0 N–H and O–H groups in total. The van der Waals surface area contributed by atoms with Gasteiger partial charge in [-0.05, 0) is 188 Å². The first-order chi connectivity index (χ1) is 38.5. The fraction of sp³-hybridized carbons (Fsp3) is 0.812. The number of allylic oxidation sites excluding steroid dienone is 1. The summed E-state index contributed by atoms with van der Waals surface area (Å²) in [6.45, 7) is 18.1. The van der Waals surface area contributed by atoms with Crippen LogP contribution in [0.15, 0.2) is 29.8 Å². The van der Waals surface area contributed by atoms with Crippen molar-refractivity contribution in [2.75, 3.05) is 40.5 Å². The minimum atomic E-state index is -0.658. The molecule has 0 aromatic heterocycles. The first-order valence-electron chi connectivity index (χ1n) is 32.9. The van der Waals surface area contributed by atoms with Crippen molar-refractivity contribution in [3.05, 3.63) is 46.5 Å². The van der Waals surface area contributed by atoms with E-state index in [0.717, 1.165) is 99.8 Å². The summed E-state index contributed by atoms with van der Waals surface area (Å²) >= 11 is 0.